The first-order chi connectivity index (χ1) is 13.8. The highest BCUT2D eigenvalue weighted by molar-refractivity contribution is 7.90. The molecule has 1 N–H and O–H groups in total. The number of amides is 1. The van der Waals surface area contributed by atoms with E-state index < -0.39 is 15.9 Å². The van der Waals surface area contributed by atoms with Gasteiger partial charge in [0.1, 0.15) is 0 Å². The third kappa shape index (κ3) is 5.38. The van der Waals surface area contributed by atoms with Gasteiger partial charge in [-0.2, -0.15) is 0 Å². The van der Waals surface area contributed by atoms with Gasteiger partial charge < -0.3 is 0 Å². The number of hydrogen-bond acceptors (Lipinski definition) is 4. The fourth-order valence-corrected chi connectivity index (χ4v) is 5.61. The molecule has 0 unspecified atom stereocenters. The minimum Gasteiger partial charge on any atom is -0.268 e. The molecule has 0 aliphatic rings. The number of sulfonamides is 1. The molecule has 4 nitrogen and oxygen atoms in total. The summed E-state index contributed by atoms with van der Waals surface area (Å²) in [5.74, 6) is -0.625. The van der Waals surface area contributed by atoms with Crippen molar-refractivity contribution in [2.24, 2.45) is 0 Å². The van der Waals surface area contributed by atoms with E-state index in [4.69, 9.17) is 11.6 Å². The number of rotatable bonds is 8. The maximum atomic E-state index is 12.6. The van der Waals surface area contributed by atoms with E-state index in [-0.39, 0.29) is 5.75 Å². The second-order valence-electron chi connectivity index (χ2n) is 7.07. The van der Waals surface area contributed by atoms with E-state index in [1.807, 2.05) is 37.3 Å². The van der Waals surface area contributed by atoms with Gasteiger partial charge in [0.25, 0.3) is 5.91 Å². The zero-order valence-electron chi connectivity index (χ0n) is 16.5. The molecule has 0 bridgehead atoms. The van der Waals surface area contributed by atoms with Crippen LogP contribution in [0.5, 0.6) is 0 Å². The molecule has 0 atom stereocenters. The molecular weight excluding hydrogens is 426 g/mol. The molecule has 0 aliphatic heterocycles. The molecule has 154 valence electrons. The van der Waals surface area contributed by atoms with Crippen molar-refractivity contribution in [1.82, 2.24) is 4.72 Å². The third-order valence-corrected chi connectivity index (χ3v) is 7.66. The Labute approximate surface area is 181 Å². The van der Waals surface area contributed by atoms with Crippen molar-refractivity contribution in [2.75, 3.05) is 5.75 Å². The van der Waals surface area contributed by atoms with Gasteiger partial charge >= 0.3 is 0 Å². The molecule has 3 aromatic rings. The van der Waals surface area contributed by atoms with Gasteiger partial charge in [0.15, 0.2) is 0 Å². The Kier molecular flexibility index (Phi) is 6.98. The predicted molar refractivity (Wildman–Crippen MR) is 122 cm³/mol. The molecule has 0 spiro atoms. The number of carbonyl (C=O) groups excluding carboxylic acids is 1. The number of thiophene rings is 1. The Balaban J connectivity index is 1.87. The Morgan fingerprint density at radius 3 is 2.62 bits per heavy atom. The molecule has 1 heterocycles. The summed E-state index contributed by atoms with van der Waals surface area (Å²) in [6.45, 7) is 4.05. The van der Waals surface area contributed by atoms with Crippen molar-refractivity contribution in [3.8, 4) is 0 Å². The standard InChI is InChI=1S/C22H24ClNO3S2/c1-3-4-7-12-29(26,27)24-22(25)17-10-11-21-19(14-17)18(15(2)28-21)13-16-8-5-6-9-20(16)23/h5-6,8-11,14H,3-4,7,12-13H2,1-2H3,(H,24,25). The summed E-state index contributed by atoms with van der Waals surface area (Å²) in [6, 6.07) is 13.0. The summed E-state index contributed by atoms with van der Waals surface area (Å²) in [7, 11) is -3.63. The molecule has 29 heavy (non-hydrogen) atoms. The summed E-state index contributed by atoms with van der Waals surface area (Å²) >= 11 is 7.98. The lowest BCUT2D eigenvalue weighted by Gasteiger charge is -2.08. The average Bonchev–Trinajstić information content (AvgIpc) is 2.98. The molecule has 7 heteroatoms. The van der Waals surface area contributed by atoms with E-state index in [0.29, 0.717) is 23.4 Å². The van der Waals surface area contributed by atoms with Crippen LogP contribution in [0.1, 0.15) is 52.5 Å². The lowest BCUT2D eigenvalue weighted by atomic mass is 10.0. The van der Waals surface area contributed by atoms with Crippen LogP contribution >= 0.6 is 22.9 Å². The Bertz CT molecular complexity index is 1140. The van der Waals surface area contributed by atoms with Crippen LogP contribution in [0.4, 0.5) is 0 Å². The number of fused-ring (bicyclic) bond motifs is 1. The Morgan fingerprint density at radius 1 is 1.14 bits per heavy atom. The maximum Gasteiger partial charge on any atom is 0.264 e. The monoisotopic (exact) mass is 449 g/mol. The SMILES string of the molecule is CCCCCS(=O)(=O)NC(=O)c1ccc2sc(C)c(Cc3ccccc3Cl)c2c1. The van der Waals surface area contributed by atoms with Crippen LogP contribution < -0.4 is 4.72 Å². The third-order valence-electron chi connectivity index (χ3n) is 4.84. The minimum absolute atomic E-state index is 0.0376. The first-order valence-corrected chi connectivity index (χ1v) is 12.5. The number of halogens is 1. The van der Waals surface area contributed by atoms with Gasteiger partial charge in [-0.1, -0.05) is 49.6 Å². The van der Waals surface area contributed by atoms with Crippen molar-refractivity contribution in [2.45, 2.75) is 39.5 Å². The van der Waals surface area contributed by atoms with Gasteiger partial charge in [-0.3, -0.25) is 4.79 Å². The fourth-order valence-electron chi connectivity index (χ4n) is 3.26. The van der Waals surface area contributed by atoms with Gasteiger partial charge in [0.2, 0.25) is 10.0 Å². The van der Waals surface area contributed by atoms with E-state index in [2.05, 4.69) is 11.6 Å². The molecule has 0 saturated heterocycles. The largest absolute Gasteiger partial charge is 0.268 e. The number of aryl methyl sites for hydroxylation is 1. The summed E-state index contributed by atoms with van der Waals surface area (Å²) in [4.78, 5) is 13.7. The number of hydrogen-bond donors (Lipinski definition) is 1. The van der Waals surface area contributed by atoms with Crippen LogP contribution in [0.2, 0.25) is 5.02 Å². The van der Waals surface area contributed by atoms with Crippen LogP contribution in [-0.2, 0) is 16.4 Å². The Hall–Kier alpha value is -1.89. The maximum absolute atomic E-state index is 12.6. The number of nitrogens with one attached hydrogen (secondary N) is 1. The summed E-state index contributed by atoms with van der Waals surface area (Å²) in [6.07, 6.45) is 2.95. The van der Waals surface area contributed by atoms with Crippen molar-refractivity contribution in [1.29, 1.82) is 0 Å². The van der Waals surface area contributed by atoms with E-state index in [0.717, 1.165) is 38.9 Å². The molecule has 3 rings (SSSR count). The second kappa shape index (κ2) is 9.28. The van der Waals surface area contributed by atoms with Gasteiger partial charge in [-0.15, -0.1) is 11.3 Å². The van der Waals surface area contributed by atoms with E-state index in [1.165, 1.54) is 0 Å². The average molecular weight is 450 g/mol. The van der Waals surface area contributed by atoms with Crippen LogP contribution in [0, 0.1) is 6.92 Å². The molecule has 1 aromatic heterocycles. The molecule has 2 aromatic carbocycles. The fraction of sp³-hybridized carbons (Fsp3) is 0.318. The summed E-state index contributed by atoms with van der Waals surface area (Å²) in [5.41, 5.74) is 2.47. The summed E-state index contributed by atoms with van der Waals surface area (Å²) < 4.78 is 27.6. The molecule has 0 saturated carbocycles. The van der Waals surface area contributed by atoms with E-state index in [9.17, 15) is 13.2 Å². The highest BCUT2D eigenvalue weighted by Gasteiger charge is 2.18. The van der Waals surface area contributed by atoms with Crippen LogP contribution in [-0.4, -0.2) is 20.1 Å². The second-order valence-corrected chi connectivity index (χ2v) is 10.6. The van der Waals surface area contributed by atoms with Gasteiger partial charge in [0, 0.05) is 26.6 Å². The Morgan fingerprint density at radius 2 is 1.90 bits per heavy atom. The number of carbonyl (C=O) groups is 1. The van der Waals surface area contributed by atoms with Crippen molar-refractivity contribution < 1.29 is 13.2 Å². The lowest BCUT2D eigenvalue weighted by Crippen LogP contribution is -2.32. The zero-order chi connectivity index (χ0) is 21.0. The minimum atomic E-state index is -3.63. The van der Waals surface area contributed by atoms with Gasteiger partial charge in [-0.25, -0.2) is 13.1 Å². The van der Waals surface area contributed by atoms with Crippen LogP contribution in [0.15, 0.2) is 42.5 Å². The quantitative estimate of drug-likeness (QED) is 0.448. The summed E-state index contributed by atoms with van der Waals surface area (Å²) in [5, 5.41) is 1.67. The number of benzene rings is 2. The van der Waals surface area contributed by atoms with Crippen LogP contribution in [0.3, 0.4) is 0 Å². The van der Waals surface area contributed by atoms with E-state index >= 15 is 0 Å². The molecule has 0 fully saturated rings. The first-order valence-electron chi connectivity index (χ1n) is 9.61. The van der Waals surface area contributed by atoms with Crippen LogP contribution in [0.25, 0.3) is 10.1 Å². The van der Waals surface area contributed by atoms with Crippen molar-refractivity contribution in [3.63, 3.8) is 0 Å². The first kappa shape index (κ1) is 21.8. The number of unbranched alkanes of at least 4 members (excludes halogenated alkanes) is 2. The van der Waals surface area contributed by atoms with Crippen molar-refractivity contribution in [3.05, 3.63) is 69.1 Å². The molecule has 1 amide bonds. The smallest absolute Gasteiger partial charge is 0.264 e. The predicted octanol–water partition coefficient (Wildman–Crippen LogP) is 5.70. The molecule has 0 aliphatic carbocycles. The normalized spacial score (nSPS) is 11.7. The van der Waals surface area contributed by atoms with Gasteiger partial charge in [-0.05, 0) is 54.1 Å². The van der Waals surface area contributed by atoms with Gasteiger partial charge in [0.05, 0.1) is 5.75 Å². The highest BCUT2D eigenvalue weighted by atomic mass is 35.5. The highest BCUT2D eigenvalue weighted by Crippen LogP contribution is 2.34. The lowest BCUT2D eigenvalue weighted by molar-refractivity contribution is 0.0981. The molecule has 0 radical (unpaired) electrons. The van der Waals surface area contributed by atoms with Crippen molar-refractivity contribution >= 4 is 49.0 Å². The zero-order valence-corrected chi connectivity index (χ0v) is 18.9. The topological polar surface area (TPSA) is 63.2 Å². The van der Waals surface area contributed by atoms with E-state index in [1.54, 1.807) is 23.5 Å². The molecular formula is C22H24ClNO3S2.